The highest BCUT2D eigenvalue weighted by Crippen LogP contribution is 2.17. The van der Waals surface area contributed by atoms with E-state index >= 15 is 0 Å². The molecule has 0 atom stereocenters. The van der Waals surface area contributed by atoms with Gasteiger partial charge < -0.3 is 9.84 Å². The molecule has 5 nitrogen and oxygen atoms in total. The summed E-state index contributed by atoms with van der Waals surface area (Å²) in [5.41, 5.74) is 0.754. The van der Waals surface area contributed by atoms with Crippen LogP contribution in [0.15, 0.2) is 11.2 Å². The summed E-state index contributed by atoms with van der Waals surface area (Å²) in [4.78, 5) is 18.4. The van der Waals surface area contributed by atoms with Crippen molar-refractivity contribution in [2.45, 2.75) is 12.1 Å². The lowest BCUT2D eigenvalue weighted by molar-refractivity contribution is -0.133. The molecule has 1 rings (SSSR count). The van der Waals surface area contributed by atoms with E-state index in [1.54, 1.807) is 13.0 Å². The molecule has 1 aromatic heterocycles. The van der Waals surface area contributed by atoms with E-state index in [0.29, 0.717) is 11.0 Å². The van der Waals surface area contributed by atoms with Crippen LogP contribution in [0, 0.1) is 6.92 Å². The van der Waals surface area contributed by atoms with Gasteiger partial charge in [0.05, 0.1) is 12.9 Å². The van der Waals surface area contributed by atoms with Gasteiger partial charge in [0.1, 0.15) is 0 Å². The highest BCUT2D eigenvalue weighted by molar-refractivity contribution is 7.99. The summed E-state index contributed by atoms with van der Waals surface area (Å²) in [5.74, 6) is -0.489. The van der Waals surface area contributed by atoms with Crippen molar-refractivity contribution >= 4 is 17.7 Å². The van der Waals surface area contributed by atoms with Crippen LogP contribution in [-0.4, -0.2) is 33.9 Å². The Kier molecular flexibility index (Phi) is 3.70. The van der Waals surface area contributed by atoms with Crippen molar-refractivity contribution in [3.63, 3.8) is 0 Å². The van der Waals surface area contributed by atoms with Gasteiger partial charge in [0, 0.05) is 11.8 Å². The quantitative estimate of drug-likeness (QED) is 0.594. The van der Waals surface area contributed by atoms with E-state index in [4.69, 9.17) is 9.84 Å². The predicted molar refractivity (Wildman–Crippen MR) is 51.7 cm³/mol. The number of ether oxygens (including phenoxy) is 1. The molecule has 0 unspecified atom stereocenters. The number of methoxy groups -OCH3 is 1. The summed E-state index contributed by atoms with van der Waals surface area (Å²) in [5, 5.41) is 8.88. The van der Waals surface area contributed by atoms with Crippen LogP contribution in [0.5, 0.6) is 5.88 Å². The Balaban J connectivity index is 2.76. The first-order valence-corrected chi connectivity index (χ1v) is 4.84. The minimum absolute atomic E-state index is 0.0490. The van der Waals surface area contributed by atoms with Crippen LogP contribution in [0.3, 0.4) is 0 Å². The van der Waals surface area contributed by atoms with Crippen molar-refractivity contribution < 1.29 is 14.6 Å². The molecule has 0 aliphatic heterocycles. The smallest absolute Gasteiger partial charge is 0.313 e. The maximum atomic E-state index is 10.3. The third kappa shape index (κ3) is 3.21. The van der Waals surface area contributed by atoms with Gasteiger partial charge in [-0.05, 0) is 6.92 Å². The number of hydrogen-bond donors (Lipinski definition) is 1. The molecule has 0 spiro atoms. The van der Waals surface area contributed by atoms with Crippen LogP contribution < -0.4 is 4.74 Å². The fraction of sp³-hybridized carbons (Fsp3) is 0.375. The molecule has 0 radical (unpaired) electrons. The SMILES string of the molecule is COc1cc(C)nc(SCC(=O)O)n1. The van der Waals surface area contributed by atoms with Crippen LogP contribution >= 0.6 is 11.8 Å². The summed E-state index contributed by atoms with van der Waals surface area (Å²) in [7, 11) is 1.51. The molecule has 1 N–H and O–H groups in total. The lowest BCUT2D eigenvalue weighted by Gasteiger charge is -2.02. The van der Waals surface area contributed by atoms with Gasteiger partial charge in [0.25, 0.3) is 0 Å². The zero-order valence-electron chi connectivity index (χ0n) is 7.85. The normalized spacial score (nSPS) is 9.86. The van der Waals surface area contributed by atoms with Gasteiger partial charge in [0.15, 0.2) is 5.16 Å². The number of carbonyl (C=O) groups is 1. The fourth-order valence-electron chi connectivity index (χ4n) is 0.809. The minimum Gasteiger partial charge on any atom is -0.481 e. The van der Waals surface area contributed by atoms with E-state index in [9.17, 15) is 4.79 Å². The maximum absolute atomic E-state index is 10.3. The number of thioether (sulfide) groups is 1. The Morgan fingerprint density at radius 1 is 1.64 bits per heavy atom. The molecule has 0 bridgehead atoms. The zero-order valence-corrected chi connectivity index (χ0v) is 8.67. The molecule has 0 saturated carbocycles. The Bertz CT molecular complexity index is 343. The number of hydrogen-bond acceptors (Lipinski definition) is 5. The second kappa shape index (κ2) is 4.80. The zero-order chi connectivity index (χ0) is 10.6. The van der Waals surface area contributed by atoms with Crippen LogP contribution in [0.25, 0.3) is 0 Å². The lowest BCUT2D eigenvalue weighted by atomic mass is 10.4. The first-order valence-electron chi connectivity index (χ1n) is 3.86. The summed E-state index contributed by atoms with van der Waals surface area (Å²) in [6.07, 6.45) is 0. The third-order valence-corrected chi connectivity index (χ3v) is 2.18. The number of nitrogens with zero attached hydrogens (tertiary/aromatic N) is 2. The Hall–Kier alpha value is -1.30. The summed E-state index contributed by atoms with van der Waals surface area (Å²) >= 11 is 1.07. The molecule has 1 aromatic rings. The average molecular weight is 214 g/mol. The molecule has 0 saturated heterocycles. The first-order chi connectivity index (χ1) is 6.61. The third-order valence-electron chi connectivity index (χ3n) is 1.34. The van der Waals surface area contributed by atoms with Crippen molar-refractivity contribution in [1.29, 1.82) is 0 Å². The number of aliphatic carboxylic acids is 1. The van der Waals surface area contributed by atoms with Crippen LogP contribution in [0.1, 0.15) is 5.69 Å². The molecule has 0 aromatic carbocycles. The van der Waals surface area contributed by atoms with E-state index in [2.05, 4.69) is 9.97 Å². The van der Waals surface area contributed by atoms with E-state index in [0.717, 1.165) is 17.5 Å². The minimum atomic E-state index is -0.890. The second-order valence-electron chi connectivity index (χ2n) is 2.52. The van der Waals surface area contributed by atoms with E-state index in [1.165, 1.54) is 7.11 Å². The summed E-state index contributed by atoms with van der Waals surface area (Å²) in [6.45, 7) is 1.80. The van der Waals surface area contributed by atoms with Crippen LogP contribution in [0.2, 0.25) is 0 Å². The van der Waals surface area contributed by atoms with Crippen molar-refractivity contribution in [3.05, 3.63) is 11.8 Å². The van der Waals surface area contributed by atoms with Gasteiger partial charge in [-0.25, -0.2) is 4.98 Å². The first kappa shape index (κ1) is 10.8. The number of rotatable bonds is 4. The Morgan fingerprint density at radius 3 is 2.93 bits per heavy atom. The van der Waals surface area contributed by atoms with Gasteiger partial charge in [-0.2, -0.15) is 4.98 Å². The maximum Gasteiger partial charge on any atom is 0.313 e. The number of aryl methyl sites for hydroxylation is 1. The number of aromatic nitrogens is 2. The van der Waals surface area contributed by atoms with Crippen molar-refractivity contribution in [2.24, 2.45) is 0 Å². The second-order valence-corrected chi connectivity index (χ2v) is 3.46. The molecule has 0 aliphatic carbocycles. The number of carboxylic acids is 1. The van der Waals surface area contributed by atoms with Gasteiger partial charge in [0.2, 0.25) is 5.88 Å². The predicted octanol–water partition coefficient (Wildman–Crippen LogP) is 0.970. The molecule has 0 fully saturated rings. The molecule has 0 aliphatic rings. The largest absolute Gasteiger partial charge is 0.481 e. The standard InChI is InChI=1S/C8H10N2O3S/c1-5-3-6(13-2)10-8(9-5)14-4-7(11)12/h3H,4H2,1-2H3,(H,11,12). The van der Waals surface area contributed by atoms with E-state index < -0.39 is 5.97 Å². The Labute approximate surface area is 85.5 Å². The highest BCUT2D eigenvalue weighted by atomic mass is 32.2. The molecule has 14 heavy (non-hydrogen) atoms. The van der Waals surface area contributed by atoms with Gasteiger partial charge in [-0.3, -0.25) is 4.79 Å². The fourth-order valence-corrected chi connectivity index (χ4v) is 1.42. The molecule has 6 heteroatoms. The van der Waals surface area contributed by atoms with Crippen molar-refractivity contribution in [1.82, 2.24) is 9.97 Å². The average Bonchev–Trinajstić information content (AvgIpc) is 2.14. The van der Waals surface area contributed by atoms with E-state index in [1.807, 2.05) is 0 Å². The molecular weight excluding hydrogens is 204 g/mol. The van der Waals surface area contributed by atoms with Crippen molar-refractivity contribution in [3.8, 4) is 5.88 Å². The van der Waals surface area contributed by atoms with Crippen LogP contribution in [0.4, 0.5) is 0 Å². The summed E-state index contributed by atoms with van der Waals surface area (Å²) in [6, 6.07) is 1.69. The van der Waals surface area contributed by atoms with Crippen LogP contribution in [-0.2, 0) is 4.79 Å². The lowest BCUT2D eigenvalue weighted by Crippen LogP contribution is -2.00. The topological polar surface area (TPSA) is 72.3 Å². The highest BCUT2D eigenvalue weighted by Gasteiger charge is 2.05. The number of carboxylic acid groups (broad SMARTS) is 1. The molecule has 1 heterocycles. The monoisotopic (exact) mass is 214 g/mol. The van der Waals surface area contributed by atoms with Gasteiger partial charge in [-0.15, -0.1) is 0 Å². The molecule has 0 amide bonds. The molecule has 76 valence electrons. The van der Waals surface area contributed by atoms with E-state index in [-0.39, 0.29) is 5.75 Å². The van der Waals surface area contributed by atoms with Gasteiger partial charge >= 0.3 is 5.97 Å². The Morgan fingerprint density at radius 2 is 2.36 bits per heavy atom. The van der Waals surface area contributed by atoms with Crippen molar-refractivity contribution in [2.75, 3.05) is 12.9 Å². The van der Waals surface area contributed by atoms with Gasteiger partial charge in [-0.1, -0.05) is 11.8 Å². The molecular formula is C8H10N2O3S. The summed E-state index contributed by atoms with van der Waals surface area (Å²) < 4.78 is 4.93.